The molecular weight excluding hydrogens is 811 g/mol. The number of aryl methyl sites for hydroxylation is 1. The molecule has 324 valence electrons. The Hall–Kier alpha value is -7.62. The zero-order valence-electron chi connectivity index (χ0n) is 39.3. The van der Waals surface area contributed by atoms with Gasteiger partial charge in [0.15, 0.2) is 0 Å². The van der Waals surface area contributed by atoms with Crippen LogP contribution >= 0.6 is 0 Å². The summed E-state index contributed by atoms with van der Waals surface area (Å²) in [6, 6.07) is 70.8. The largest absolute Gasteiger partial charge is 0.355 e. The lowest BCUT2D eigenvalue weighted by Crippen LogP contribution is -2.18. The van der Waals surface area contributed by atoms with Crippen LogP contribution in [0.15, 0.2) is 188 Å². The van der Waals surface area contributed by atoms with Gasteiger partial charge < -0.3 is 14.8 Å². The van der Waals surface area contributed by atoms with Crippen molar-refractivity contribution in [2.45, 2.75) is 64.7 Å². The van der Waals surface area contributed by atoms with Gasteiger partial charge in [0.2, 0.25) is 0 Å². The molecule has 9 aromatic carbocycles. The summed E-state index contributed by atoms with van der Waals surface area (Å²) in [5.74, 6) is 0. The van der Waals surface area contributed by atoms with Crippen molar-refractivity contribution in [1.82, 2.24) is 4.57 Å². The minimum atomic E-state index is -0.137. The Morgan fingerprint density at radius 1 is 0.358 bits per heavy atom. The van der Waals surface area contributed by atoms with E-state index in [1.54, 1.807) is 0 Å². The molecule has 0 amide bonds. The summed E-state index contributed by atoms with van der Waals surface area (Å²) in [5.41, 5.74) is 26.2. The van der Waals surface area contributed by atoms with E-state index in [9.17, 15) is 0 Å². The summed E-state index contributed by atoms with van der Waals surface area (Å²) < 4.78 is 2.44. The molecule has 3 heteroatoms. The molecule has 0 bridgehead atoms. The highest BCUT2D eigenvalue weighted by atomic mass is 15.1. The molecule has 1 N–H and O–H groups in total. The van der Waals surface area contributed by atoms with Crippen LogP contribution in [0.1, 0.15) is 80.5 Å². The van der Waals surface area contributed by atoms with Gasteiger partial charge in [-0.25, -0.2) is 0 Å². The molecule has 3 aliphatic rings. The minimum absolute atomic E-state index is 0.0752. The number of nitrogens with zero attached hydrogens (tertiary/aromatic N) is 2. The highest BCUT2D eigenvalue weighted by molar-refractivity contribution is 6.12. The smallest absolute Gasteiger partial charge is 0.0542 e. The third kappa shape index (κ3) is 5.70. The lowest BCUT2D eigenvalue weighted by Gasteiger charge is -2.30. The molecule has 0 radical (unpaired) electrons. The van der Waals surface area contributed by atoms with E-state index in [2.05, 4.69) is 251 Å². The van der Waals surface area contributed by atoms with Crippen molar-refractivity contribution in [2.75, 3.05) is 10.2 Å². The highest BCUT2D eigenvalue weighted by Gasteiger charge is 2.38. The number of hydrogen-bond donors (Lipinski definition) is 1. The molecule has 0 saturated heterocycles. The average Bonchev–Trinajstić information content (AvgIpc) is 3.95. The van der Waals surface area contributed by atoms with E-state index in [4.69, 9.17) is 0 Å². The number of benzene rings is 9. The molecule has 0 aliphatic heterocycles. The van der Waals surface area contributed by atoms with Crippen molar-refractivity contribution >= 4 is 50.2 Å². The van der Waals surface area contributed by atoms with Crippen LogP contribution in [0.3, 0.4) is 0 Å². The molecule has 0 saturated carbocycles. The van der Waals surface area contributed by atoms with Gasteiger partial charge in [-0.3, -0.25) is 0 Å². The monoisotopic (exact) mass is 863 g/mol. The van der Waals surface area contributed by atoms with Crippen molar-refractivity contribution in [3.8, 4) is 39.1 Å². The van der Waals surface area contributed by atoms with Crippen LogP contribution in [-0.2, 0) is 16.2 Å². The predicted octanol–water partition coefficient (Wildman–Crippen LogP) is 17.2. The predicted molar refractivity (Wildman–Crippen MR) is 283 cm³/mol. The van der Waals surface area contributed by atoms with Crippen LogP contribution in [0.25, 0.3) is 60.9 Å². The molecule has 0 fully saturated rings. The third-order valence-electron chi connectivity index (χ3n) is 15.8. The molecule has 67 heavy (non-hydrogen) atoms. The van der Waals surface area contributed by atoms with Gasteiger partial charge in [0.05, 0.1) is 11.0 Å². The van der Waals surface area contributed by atoms with E-state index < -0.39 is 0 Å². The summed E-state index contributed by atoms with van der Waals surface area (Å²) in [6.45, 7) is 16.4. The molecule has 13 rings (SSSR count). The summed E-state index contributed by atoms with van der Waals surface area (Å²) in [4.78, 5) is 2.50. The SMILES string of the molecule is Cc1cccc(-n2c3ccc(Nc4ccc5c(c4)C(C)(C)c4ccccc4-5)cc3c3cc(N(c4ccc5c(c4)C(C)(C)c4ccccc4-5)c4ccc5c(c4)C(C)(C)c4ccccc4-5)ccc32)c1. The second-order valence-electron chi connectivity index (χ2n) is 20.8. The first-order chi connectivity index (χ1) is 32.4. The second kappa shape index (κ2) is 14.0. The van der Waals surface area contributed by atoms with E-state index in [1.807, 2.05) is 0 Å². The summed E-state index contributed by atoms with van der Waals surface area (Å²) >= 11 is 0. The molecule has 0 atom stereocenters. The van der Waals surface area contributed by atoms with Crippen LogP contribution in [0, 0.1) is 6.92 Å². The summed E-state index contributed by atoms with van der Waals surface area (Å²) in [6.07, 6.45) is 0. The number of rotatable bonds is 6. The number of fused-ring (bicyclic) bond motifs is 12. The fourth-order valence-electron chi connectivity index (χ4n) is 12.3. The zero-order chi connectivity index (χ0) is 45.6. The van der Waals surface area contributed by atoms with Crippen LogP contribution in [0.4, 0.5) is 28.4 Å². The normalized spacial score (nSPS) is 15.1. The third-order valence-corrected chi connectivity index (χ3v) is 15.8. The quantitative estimate of drug-likeness (QED) is 0.180. The average molecular weight is 864 g/mol. The van der Waals surface area contributed by atoms with Crippen molar-refractivity contribution in [3.63, 3.8) is 0 Å². The van der Waals surface area contributed by atoms with E-state index in [-0.39, 0.29) is 16.2 Å². The van der Waals surface area contributed by atoms with Crippen LogP contribution in [-0.4, -0.2) is 4.57 Å². The molecule has 1 heterocycles. The second-order valence-corrected chi connectivity index (χ2v) is 20.8. The van der Waals surface area contributed by atoms with Gasteiger partial charge in [0.25, 0.3) is 0 Å². The molecule has 3 aliphatic carbocycles. The zero-order valence-corrected chi connectivity index (χ0v) is 39.3. The Morgan fingerprint density at radius 2 is 0.776 bits per heavy atom. The highest BCUT2D eigenvalue weighted by Crippen LogP contribution is 2.54. The Kier molecular flexibility index (Phi) is 8.27. The fraction of sp³-hybridized carbons (Fsp3) is 0.156. The van der Waals surface area contributed by atoms with E-state index in [0.717, 1.165) is 34.1 Å². The molecule has 1 aromatic heterocycles. The van der Waals surface area contributed by atoms with Gasteiger partial charge in [0.1, 0.15) is 0 Å². The number of nitrogens with one attached hydrogen (secondary N) is 1. The topological polar surface area (TPSA) is 20.2 Å². The van der Waals surface area contributed by atoms with Crippen molar-refractivity contribution in [2.24, 2.45) is 0 Å². The van der Waals surface area contributed by atoms with Gasteiger partial charge in [-0.15, -0.1) is 0 Å². The Bertz CT molecular complexity index is 3620. The number of anilines is 5. The van der Waals surface area contributed by atoms with Gasteiger partial charge in [0, 0.05) is 61.1 Å². The van der Waals surface area contributed by atoms with E-state index in [0.29, 0.717) is 0 Å². The molecule has 3 nitrogen and oxygen atoms in total. The number of aromatic nitrogens is 1. The Balaban J connectivity index is 0.996. The molecule has 0 spiro atoms. The first kappa shape index (κ1) is 39.7. The summed E-state index contributed by atoms with van der Waals surface area (Å²) in [5, 5.41) is 6.27. The first-order valence-corrected chi connectivity index (χ1v) is 23.8. The Labute approximate surface area is 394 Å². The standard InChI is InChI=1S/C64H53N3/c1-39-15-14-16-42(33-39)67-60-31-24-40(65-41-23-28-49-46-17-8-11-20-54(46)62(2,3)57(49)35-41)34-52(60)53-36-43(27-32-61(53)67)66(44-25-29-50-47-18-9-12-21-55(47)63(4,5)58(50)37-44)45-26-30-51-48-19-10-13-22-56(48)64(6,7)59(51)38-45/h8-38,65H,1-7H3. The fourth-order valence-corrected chi connectivity index (χ4v) is 12.3. The van der Waals surface area contributed by atoms with Gasteiger partial charge in [-0.2, -0.15) is 0 Å². The Morgan fingerprint density at radius 3 is 1.33 bits per heavy atom. The maximum atomic E-state index is 3.86. The number of hydrogen-bond acceptors (Lipinski definition) is 2. The maximum Gasteiger partial charge on any atom is 0.0542 e. The van der Waals surface area contributed by atoms with Crippen LogP contribution in [0.5, 0.6) is 0 Å². The van der Waals surface area contributed by atoms with Gasteiger partial charge in [-0.1, -0.05) is 145 Å². The van der Waals surface area contributed by atoms with Crippen molar-refractivity contribution in [1.29, 1.82) is 0 Å². The van der Waals surface area contributed by atoms with E-state index in [1.165, 1.54) is 94.1 Å². The minimum Gasteiger partial charge on any atom is -0.355 e. The summed E-state index contributed by atoms with van der Waals surface area (Å²) in [7, 11) is 0. The lowest BCUT2D eigenvalue weighted by molar-refractivity contribution is 0.660. The van der Waals surface area contributed by atoms with E-state index >= 15 is 0 Å². The first-order valence-electron chi connectivity index (χ1n) is 23.8. The molecule has 0 unspecified atom stereocenters. The molecule has 10 aromatic rings. The van der Waals surface area contributed by atoms with Gasteiger partial charge in [-0.05, 0) is 164 Å². The lowest BCUT2D eigenvalue weighted by atomic mass is 9.82. The van der Waals surface area contributed by atoms with Crippen LogP contribution in [0.2, 0.25) is 0 Å². The maximum absolute atomic E-state index is 3.86. The van der Waals surface area contributed by atoms with Crippen LogP contribution < -0.4 is 10.2 Å². The van der Waals surface area contributed by atoms with Crippen molar-refractivity contribution < 1.29 is 0 Å². The van der Waals surface area contributed by atoms with Crippen molar-refractivity contribution in [3.05, 3.63) is 227 Å². The van der Waals surface area contributed by atoms with Gasteiger partial charge >= 0.3 is 0 Å². The molecular formula is C64H53N3.